The topological polar surface area (TPSA) is 65.5 Å². The van der Waals surface area contributed by atoms with Gasteiger partial charge in [-0.25, -0.2) is 4.39 Å². The zero-order valence-electron chi connectivity index (χ0n) is 15.8. The molecule has 1 aromatic carbocycles. The summed E-state index contributed by atoms with van der Waals surface area (Å²) in [4.78, 5) is 17.3. The van der Waals surface area contributed by atoms with E-state index in [1.54, 1.807) is 23.9 Å². The predicted octanol–water partition coefficient (Wildman–Crippen LogP) is 3.54. The number of hydrogen-bond acceptors (Lipinski definition) is 3. The number of aliphatic imine (C=N–C) groups is 1. The van der Waals surface area contributed by atoms with Crippen LogP contribution in [0, 0.1) is 5.82 Å². The van der Waals surface area contributed by atoms with Crippen molar-refractivity contribution in [3.05, 3.63) is 30.1 Å². The minimum absolute atomic E-state index is 0. The number of hydrogen-bond donors (Lipinski definition) is 3. The summed E-state index contributed by atoms with van der Waals surface area (Å²) in [7, 11) is 0. The number of halogens is 2. The van der Waals surface area contributed by atoms with Crippen LogP contribution >= 0.6 is 35.7 Å². The van der Waals surface area contributed by atoms with Gasteiger partial charge in [0.25, 0.3) is 0 Å². The molecule has 0 radical (unpaired) electrons. The summed E-state index contributed by atoms with van der Waals surface area (Å²) in [6.45, 7) is 4.29. The first-order valence-electron chi connectivity index (χ1n) is 9.37. The second kappa shape index (κ2) is 14.0. The summed E-state index contributed by atoms with van der Waals surface area (Å²) in [5.74, 6) is 1.68. The average molecular weight is 508 g/mol. The molecule has 0 atom stereocenters. The summed E-state index contributed by atoms with van der Waals surface area (Å²) >= 11 is 1.71. The van der Waals surface area contributed by atoms with Gasteiger partial charge in [0.1, 0.15) is 5.82 Å². The lowest BCUT2D eigenvalue weighted by atomic mass is 10.3. The number of nitrogens with one attached hydrogen (secondary N) is 3. The Bertz CT molecular complexity index is 582. The van der Waals surface area contributed by atoms with Crippen LogP contribution in [-0.4, -0.2) is 43.3 Å². The fraction of sp³-hybridized carbons (Fsp3) is 0.579. The second-order valence-electron chi connectivity index (χ2n) is 6.29. The van der Waals surface area contributed by atoms with E-state index in [0.717, 1.165) is 61.9 Å². The van der Waals surface area contributed by atoms with Crippen molar-refractivity contribution in [2.24, 2.45) is 4.99 Å². The van der Waals surface area contributed by atoms with Gasteiger partial charge in [-0.05, 0) is 62.6 Å². The third-order valence-corrected chi connectivity index (χ3v) is 4.91. The van der Waals surface area contributed by atoms with E-state index in [1.165, 1.54) is 12.1 Å². The van der Waals surface area contributed by atoms with Gasteiger partial charge >= 0.3 is 0 Å². The molecule has 1 fully saturated rings. The first kappa shape index (κ1) is 24.0. The molecule has 2 rings (SSSR count). The van der Waals surface area contributed by atoms with Crippen LogP contribution in [0.5, 0.6) is 0 Å². The highest BCUT2D eigenvalue weighted by Crippen LogP contribution is 2.19. The van der Waals surface area contributed by atoms with Crippen molar-refractivity contribution >= 4 is 47.6 Å². The van der Waals surface area contributed by atoms with E-state index in [-0.39, 0.29) is 35.7 Å². The Hall–Kier alpha value is -1.03. The number of guanidine groups is 1. The van der Waals surface area contributed by atoms with Crippen molar-refractivity contribution < 1.29 is 9.18 Å². The maximum Gasteiger partial charge on any atom is 0.220 e. The molecule has 8 heteroatoms. The Kier molecular flexibility index (Phi) is 12.5. The first-order chi connectivity index (χ1) is 12.7. The van der Waals surface area contributed by atoms with E-state index in [9.17, 15) is 9.18 Å². The molecule has 0 aliphatic heterocycles. The predicted molar refractivity (Wildman–Crippen MR) is 122 cm³/mol. The van der Waals surface area contributed by atoms with E-state index in [1.807, 2.05) is 6.92 Å². The van der Waals surface area contributed by atoms with Crippen LogP contribution in [0.15, 0.2) is 34.2 Å². The van der Waals surface area contributed by atoms with Crippen molar-refractivity contribution in [1.82, 2.24) is 16.0 Å². The molecule has 5 nitrogen and oxygen atoms in total. The number of nitrogens with zero attached hydrogens (tertiary/aromatic N) is 1. The lowest BCUT2D eigenvalue weighted by Crippen LogP contribution is -2.38. The molecule has 0 aromatic heterocycles. The average Bonchev–Trinajstić information content (AvgIpc) is 3.43. The lowest BCUT2D eigenvalue weighted by Gasteiger charge is -2.11. The van der Waals surface area contributed by atoms with Gasteiger partial charge in [0.2, 0.25) is 5.91 Å². The zero-order chi connectivity index (χ0) is 18.6. The van der Waals surface area contributed by atoms with Gasteiger partial charge in [-0.3, -0.25) is 9.79 Å². The van der Waals surface area contributed by atoms with Crippen LogP contribution < -0.4 is 16.0 Å². The lowest BCUT2D eigenvalue weighted by molar-refractivity contribution is -0.121. The molecule has 152 valence electrons. The SMILES string of the molecule is CCNC(=NCCCSc1ccc(F)cc1)NCCCC(=O)NC1CC1.I. The summed E-state index contributed by atoms with van der Waals surface area (Å²) in [5, 5.41) is 9.48. The van der Waals surface area contributed by atoms with Crippen LogP contribution in [0.3, 0.4) is 0 Å². The number of carbonyl (C=O) groups is 1. The quantitative estimate of drug-likeness (QED) is 0.141. The molecule has 27 heavy (non-hydrogen) atoms. The molecule has 0 heterocycles. The van der Waals surface area contributed by atoms with Gasteiger partial charge < -0.3 is 16.0 Å². The molecule has 1 aliphatic rings. The van der Waals surface area contributed by atoms with E-state index in [0.29, 0.717) is 12.5 Å². The summed E-state index contributed by atoms with van der Waals surface area (Å²) in [5.41, 5.74) is 0. The molecule has 0 bridgehead atoms. The highest BCUT2D eigenvalue weighted by molar-refractivity contribution is 14.0. The Labute approximate surface area is 182 Å². The third kappa shape index (κ3) is 11.4. The highest BCUT2D eigenvalue weighted by Gasteiger charge is 2.22. The maximum absolute atomic E-state index is 12.9. The largest absolute Gasteiger partial charge is 0.357 e. The second-order valence-corrected chi connectivity index (χ2v) is 7.46. The molecule has 1 amide bonds. The fourth-order valence-electron chi connectivity index (χ4n) is 2.30. The van der Waals surface area contributed by atoms with Crippen molar-refractivity contribution in [1.29, 1.82) is 0 Å². The fourth-order valence-corrected chi connectivity index (χ4v) is 3.14. The summed E-state index contributed by atoms with van der Waals surface area (Å²) < 4.78 is 12.9. The van der Waals surface area contributed by atoms with Gasteiger partial charge in [-0.1, -0.05) is 0 Å². The Morgan fingerprint density at radius 1 is 1.22 bits per heavy atom. The van der Waals surface area contributed by atoms with Crippen molar-refractivity contribution in [3.8, 4) is 0 Å². The zero-order valence-corrected chi connectivity index (χ0v) is 18.9. The van der Waals surface area contributed by atoms with Crippen molar-refractivity contribution in [2.75, 3.05) is 25.4 Å². The first-order valence-corrected chi connectivity index (χ1v) is 10.4. The summed E-state index contributed by atoms with van der Waals surface area (Å²) in [6, 6.07) is 7.00. The van der Waals surface area contributed by atoms with Crippen LogP contribution in [0.1, 0.15) is 39.0 Å². The number of amides is 1. The van der Waals surface area contributed by atoms with Crippen molar-refractivity contribution in [3.63, 3.8) is 0 Å². The standard InChI is InChI=1S/C19H29FN4OS.HI/c1-2-21-19(22-12-3-5-18(25)24-16-8-9-16)23-13-4-14-26-17-10-6-15(20)7-11-17;/h6-7,10-11,16H,2-5,8-9,12-14H2,1H3,(H,24,25)(H2,21,22,23);1H. The van der Waals surface area contributed by atoms with Crippen LogP contribution in [0.2, 0.25) is 0 Å². The van der Waals surface area contributed by atoms with E-state index in [4.69, 9.17) is 0 Å². The van der Waals surface area contributed by atoms with Gasteiger partial charge in [0.15, 0.2) is 5.96 Å². The summed E-state index contributed by atoms with van der Waals surface area (Å²) in [6.07, 6.45) is 4.55. The molecular weight excluding hydrogens is 478 g/mol. The molecule has 0 unspecified atom stereocenters. The molecule has 1 aliphatic carbocycles. The Morgan fingerprint density at radius 3 is 2.63 bits per heavy atom. The number of carbonyl (C=O) groups excluding carboxylic acids is 1. The van der Waals surface area contributed by atoms with E-state index < -0.39 is 0 Å². The molecular formula is C19H30FIN4OS. The Balaban J connectivity index is 0.00000364. The van der Waals surface area contributed by atoms with E-state index >= 15 is 0 Å². The molecule has 0 spiro atoms. The number of thioether (sulfide) groups is 1. The van der Waals surface area contributed by atoms with Gasteiger partial charge in [-0.15, -0.1) is 35.7 Å². The van der Waals surface area contributed by atoms with Crippen LogP contribution in [0.4, 0.5) is 4.39 Å². The van der Waals surface area contributed by atoms with Gasteiger partial charge in [-0.2, -0.15) is 0 Å². The molecule has 0 saturated heterocycles. The number of benzene rings is 1. The number of rotatable bonds is 11. The van der Waals surface area contributed by atoms with Gasteiger partial charge in [0.05, 0.1) is 0 Å². The highest BCUT2D eigenvalue weighted by atomic mass is 127. The minimum atomic E-state index is -0.203. The Morgan fingerprint density at radius 2 is 1.96 bits per heavy atom. The van der Waals surface area contributed by atoms with Crippen LogP contribution in [-0.2, 0) is 4.79 Å². The smallest absolute Gasteiger partial charge is 0.220 e. The maximum atomic E-state index is 12.9. The minimum Gasteiger partial charge on any atom is -0.357 e. The monoisotopic (exact) mass is 508 g/mol. The molecule has 3 N–H and O–H groups in total. The molecule has 1 saturated carbocycles. The van der Waals surface area contributed by atoms with Gasteiger partial charge in [0, 0.05) is 37.0 Å². The van der Waals surface area contributed by atoms with Crippen molar-refractivity contribution in [2.45, 2.75) is 50.0 Å². The van der Waals surface area contributed by atoms with E-state index in [2.05, 4.69) is 20.9 Å². The normalized spacial score (nSPS) is 13.6. The molecule has 1 aromatic rings. The third-order valence-electron chi connectivity index (χ3n) is 3.81. The van der Waals surface area contributed by atoms with Crippen LogP contribution in [0.25, 0.3) is 0 Å².